The van der Waals surface area contributed by atoms with Crippen molar-refractivity contribution >= 4 is 29.3 Å². The molecule has 0 N–H and O–H groups in total. The van der Waals surface area contributed by atoms with E-state index >= 15 is 0 Å². The van der Waals surface area contributed by atoms with Crippen LogP contribution in [0.3, 0.4) is 0 Å². The fourth-order valence-corrected chi connectivity index (χ4v) is 3.66. The van der Waals surface area contributed by atoms with Crippen LogP contribution < -0.4 is 0 Å². The number of thioether (sulfide) groups is 1. The monoisotopic (exact) mass is 425 g/mol. The van der Waals surface area contributed by atoms with Crippen molar-refractivity contribution in [2.45, 2.75) is 5.16 Å². The van der Waals surface area contributed by atoms with Crippen LogP contribution in [-0.2, 0) is 4.79 Å². The second-order valence-corrected chi connectivity index (χ2v) is 7.40. The van der Waals surface area contributed by atoms with E-state index in [4.69, 9.17) is 11.6 Å². The Labute approximate surface area is 178 Å². The van der Waals surface area contributed by atoms with Gasteiger partial charge in [-0.2, -0.15) is 0 Å². The summed E-state index contributed by atoms with van der Waals surface area (Å²) in [6.45, 7) is 8.35. The zero-order valence-electron chi connectivity index (χ0n) is 15.7. The lowest BCUT2D eigenvalue weighted by Gasteiger charge is -2.19. The zero-order chi connectivity index (χ0) is 20.6. The molecule has 1 amide bonds. The fraction of sp³-hybridized carbons (Fsp3) is 0.143. The van der Waals surface area contributed by atoms with Gasteiger partial charge in [0.15, 0.2) is 11.0 Å². The molecule has 0 radical (unpaired) electrons. The van der Waals surface area contributed by atoms with Crippen molar-refractivity contribution in [2.24, 2.45) is 0 Å². The first-order valence-corrected chi connectivity index (χ1v) is 10.2. The molecule has 8 heteroatoms. The minimum atomic E-state index is -0.0223. The maximum atomic E-state index is 12.6. The molecular weight excluding hydrogens is 406 g/mol. The molecule has 6 nitrogen and oxygen atoms in total. The molecule has 29 heavy (non-hydrogen) atoms. The Kier molecular flexibility index (Phi) is 7.21. The van der Waals surface area contributed by atoms with Crippen LogP contribution in [-0.4, -0.2) is 49.4 Å². The summed E-state index contributed by atoms with van der Waals surface area (Å²) in [5.74, 6) is 0.869. The molecule has 1 aromatic carbocycles. The average molecular weight is 426 g/mol. The van der Waals surface area contributed by atoms with Crippen molar-refractivity contribution in [2.75, 3.05) is 18.8 Å². The summed E-state index contributed by atoms with van der Waals surface area (Å²) in [4.78, 5) is 18.3. The number of benzene rings is 1. The Balaban J connectivity index is 1.91. The Morgan fingerprint density at radius 3 is 2.34 bits per heavy atom. The normalized spacial score (nSPS) is 10.5. The van der Waals surface area contributed by atoms with Crippen LogP contribution in [0.15, 0.2) is 79.3 Å². The highest BCUT2D eigenvalue weighted by Crippen LogP contribution is 2.28. The maximum absolute atomic E-state index is 12.6. The molecule has 3 aromatic rings. The zero-order valence-corrected chi connectivity index (χ0v) is 17.3. The van der Waals surface area contributed by atoms with E-state index in [0.29, 0.717) is 29.1 Å². The quantitative estimate of drug-likeness (QED) is 0.378. The fourth-order valence-electron chi connectivity index (χ4n) is 2.68. The molecule has 0 fully saturated rings. The number of halogens is 1. The van der Waals surface area contributed by atoms with Gasteiger partial charge in [0.2, 0.25) is 5.91 Å². The Morgan fingerprint density at radius 1 is 1.07 bits per heavy atom. The number of hydrogen-bond acceptors (Lipinski definition) is 5. The number of rotatable bonds is 9. The van der Waals surface area contributed by atoms with E-state index in [1.54, 1.807) is 29.4 Å². The van der Waals surface area contributed by atoms with Crippen LogP contribution in [0.1, 0.15) is 0 Å². The molecule has 3 rings (SSSR count). The summed E-state index contributed by atoms with van der Waals surface area (Å²) >= 11 is 7.38. The van der Waals surface area contributed by atoms with Crippen LogP contribution in [0.25, 0.3) is 17.1 Å². The van der Waals surface area contributed by atoms with Crippen LogP contribution in [0.4, 0.5) is 0 Å². The number of pyridine rings is 1. The van der Waals surface area contributed by atoms with Gasteiger partial charge < -0.3 is 4.90 Å². The van der Waals surface area contributed by atoms with Crippen molar-refractivity contribution in [3.8, 4) is 17.1 Å². The van der Waals surface area contributed by atoms with Gasteiger partial charge in [-0.25, -0.2) is 0 Å². The van der Waals surface area contributed by atoms with Crippen molar-refractivity contribution in [1.29, 1.82) is 0 Å². The van der Waals surface area contributed by atoms with Gasteiger partial charge in [0.05, 0.1) is 5.75 Å². The van der Waals surface area contributed by atoms with Crippen molar-refractivity contribution in [1.82, 2.24) is 24.6 Å². The molecule has 0 aliphatic carbocycles. The summed E-state index contributed by atoms with van der Waals surface area (Å²) in [6, 6.07) is 11.1. The SMILES string of the molecule is C=CCN(CC=C)C(=O)CSc1nnc(-c2ccncc2)n1-c1ccc(Cl)cc1. The highest BCUT2D eigenvalue weighted by molar-refractivity contribution is 7.99. The van der Waals surface area contributed by atoms with Gasteiger partial charge in [-0.15, -0.1) is 23.4 Å². The van der Waals surface area contributed by atoms with E-state index in [9.17, 15) is 4.79 Å². The van der Waals surface area contributed by atoms with E-state index in [0.717, 1.165) is 11.3 Å². The number of amides is 1. The summed E-state index contributed by atoms with van der Waals surface area (Å²) in [5, 5.41) is 9.94. The summed E-state index contributed by atoms with van der Waals surface area (Å²) in [7, 11) is 0. The van der Waals surface area contributed by atoms with E-state index in [1.165, 1.54) is 11.8 Å². The van der Waals surface area contributed by atoms with Gasteiger partial charge in [0.1, 0.15) is 0 Å². The Hall–Kier alpha value is -2.90. The third kappa shape index (κ3) is 5.13. The number of carbonyl (C=O) groups excluding carboxylic acids is 1. The maximum Gasteiger partial charge on any atom is 0.233 e. The Morgan fingerprint density at radius 2 is 1.72 bits per heavy atom. The van der Waals surface area contributed by atoms with Gasteiger partial charge in [-0.3, -0.25) is 14.3 Å². The molecule has 0 saturated heterocycles. The molecule has 0 bridgehead atoms. The van der Waals surface area contributed by atoms with Gasteiger partial charge in [0.25, 0.3) is 0 Å². The molecule has 2 heterocycles. The third-order valence-corrected chi connectivity index (χ3v) is 5.20. The standard InChI is InChI=1S/C21H20ClN5OS/c1-3-13-26(14-4-2)19(28)15-29-21-25-24-20(16-9-11-23-12-10-16)27(21)18-7-5-17(22)6-8-18/h3-12H,1-2,13-15H2. The van der Waals surface area contributed by atoms with Crippen molar-refractivity contribution in [3.63, 3.8) is 0 Å². The molecule has 0 aliphatic rings. The van der Waals surface area contributed by atoms with E-state index in [2.05, 4.69) is 28.3 Å². The minimum Gasteiger partial charge on any atom is -0.335 e. The molecule has 0 aliphatic heterocycles. The third-order valence-electron chi connectivity index (χ3n) is 4.03. The smallest absolute Gasteiger partial charge is 0.233 e. The van der Waals surface area contributed by atoms with Crippen LogP contribution in [0, 0.1) is 0 Å². The lowest BCUT2D eigenvalue weighted by Crippen LogP contribution is -2.32. The number of nitrogens with zero attached hydrogens (tertiary/aromatic N) is 5. The van der Waals surface area contributed by atoms with E-state index in [-0.39, 0.29) is 11.7 Å². The molecule has 0 unspecified atom stereocenters. The number of hydrogen-bond donors (Lipinski definition) is 0. The number of aromatic nitrogens is 4. The van der Waals surface area contributed by atoms with Crippen LogP contribution in [0.2, 0.25) is 5.02 Å². The van der Waals surface area contributed by atoms with Crippen molar-refractivity contribution < 1.29 is 4.79 Å². The highest BCUT2D eigenvalue weighted by atomic mass is 35.5. The van der Waals surface area contributed by atoms with Crippen LogP contribution >= 0.6 is 23.4 Å². The lowest BCUT2D eigenvalue weighted by atomic mass is 10.2. The molecule has 148 valence electrons. The molecule has 0 spiro atoms. The van der Waals surface area contributed by atoms with Crippen molar-refractivity contribution in [3.05, 3.63) is 79.1 Å². The lowest BCUT2D eigenvalue weighted by molar-refractivity contribution is -0.127. The first-order chi connectivity index (χ1) is 14.1. The largest absolute Gasteiger partial charge is 0.335 e. The summed E-state index contributed by atoms with van der Waals surface area (Å²) in [5.41, 5.74) is 1.73. The topological polar surface area (TPSA) is 63.9 Å². The highest BCUT2D eigenvalue weighted by Gasteiger charge is 2.19. The summed E-state index contributed by atoms with van der Waals surface area (Å²) < 4.78 is 1.91. The van der Waals surface area contributed by atoms with Gasteiger partial charge in [0, 0.05) is 41.8 Å². The summed E-state index contributed by atoms with van der Waals surface area (Å²) in [6.07, 6.45) is 6.80. The second kappa shape index (κ2) is 10.0. The second-order valence-electron chi connectivity index (χ2n) is 6.02. The molecular formula is C21H20ClN5OS. The molecule has 0 saturated carbocycles. The predicted molar refractivity (Wildman–Crippen MR) is 117 cm³/mol. The number of carbonyl (C=O) groups is 1. The Bertz CT molecular complexity index is 978. The van der Waals surface area contributed by atoms with Gasteiger partial charge in [-0.05, 0) is 36.4 Å². The average Bonchev–Trinajstić information content (AvgIpc) is 3.17. The first-order valence-electron chi connectivity index (χ1n) is 8.88. The molecule has 0 atom stereocenters. The predicted octanol–water partition coefficient (Wildman–Crippen LogP) is 4.28. The first kappa shape index (κ1) is 20.8. The molecule has 2 aromatic heterocycles. The van der Waals surface area contributed by atoms with Gasteiger partial charge >= 0.3 is 0 Å². The minimum absolute atomic E-state index is 0.0223. The van der Waals surface area contributed by atoms with E-state index in [1.807, 2.05) is 41.0 Å². The van der Waals surface area contributed by atoms with E-state index < -0.39 is 0 Å². The van der Waals surface area contributed by atoms with Gasteiger partial charge in [-0.1, -0.05) is 35.5 Å². The van der Waals surface area contributed by atoms with Crippen LogP contribution in [0.5, 0.6) is 0 Å².